The van der Waals surface area contributed by atoms with Crippen LogP contribution in [0.3, 0.4) is 0 Å². The number of nitrogens with one attached hydrogen (secondary N) is 1. The Labute approximate surface area is 169 Å². The SMILES string of the molecule is O=C(Nc1ccc(F)c(Cl)c1)N1CCC(n2cnc3ccc(F)cc3c2=O)CC1. The normalized spacial score (nSPS) is 14.9. The Morgan fingerprint density at radius 1 is 1.14 bits per heavy atom. The molecule has 1 aromatic heterocycles. The number of nitrogens with zero attached hydrogens (tertiary/aromatic N) is 3. The van der Waals surface area contributed by atoms with Crippen LogP contribution in [-0.2, 0) is 0 Å². The summed E-state index contributed by atoms with van der Waals surface area (Å²) in [5.41, 5.74) is 0.557. The molecule has 6 nitrogen and oxygen atoms in total. The lowest BCUT2D eigenvalue weighted by molar-refractivity contribution is 0.182. The fourth-order valence-electron chi connectivity index (χ4n) is 3.49. The van der Waals surface area contributed by atoms with Crippen LogP contribution in [0, 0.1) is 11.6 Å². The molecule has 2 heterocycles. The minimum atomic E-state index is -0.556. The zero-order chi connectivity index (χ0) is 20.5. The van der Waals surface area contributed by atoms with Crippen molar-refractivity contribution in [2.24, 2.45) is 0 Å². The highest BCUT2D eigenvalue weighted by atomic mass is 35.5. The van der Waals surface area contributed by atoms with Gasteiger partial charge in [-0.15, -0.1) is 0 Å². The molecule has 0 spiro atoms. The summed E-state index contributed by atoms with van der Waals surface area (Å²) in [7, 11) is 0. The van der Waals surface area contributed by atoms with Crippen molar-refractivity contribution in [3.63, 3.8) is 0 Å². The van der Waals surface area contributed by atoms with Gasteiger partial charge in [0, 0.05) is 24.8 Å². The minimum Gasteiger partial charge on any atom is -0.324 e. The summed E-state index contributed by atoms with van der Waals surface area (Å²) in [6.07, 6.45) is 2.59. The molecule has 0 unspecified atom stereocenters. The predicted octanol–water partition coefficient (Wildman–Crippen LogP) is 4.20. The molecule has 3 aromatic rings. The number of hydrogen-bond donors (Lipinski definition) is 1. The lowest BCUT2D eigenvalue weighted by atomic mass is 10.0. The van der Waals surface area contributed by atoms with Crippen LogP contribution >= 0.6 is 11.6 Å². The van der Waals surface area contributed by atoms with E-state index in [1.807, 2.05) is 0 Å². The monoisotopic (exact) mass is 418 g/mol. The van der Waals surface area contributed by atoms with Gasteiger partial charge in [-0.25, -0.2) is 18.6 Å². The highest BCUT2D eigenvalue weighted by Crippen LogP contribution is 2.24. The molecule has 150 valence electrons. The van der Waals surface area contributed by atoms with E-state index in [1.165, 1.54) is 47.3 Å². The van der Waals surface area contributed by atoms with Gasteiger partial charge < -0.3 is 10.2 Å². The van der Waals surface area contributed by atoms with Gasteiger partial charge in [0.25, 0.3) is 5.56 Å². The van der Waals surface area contributed by atoms with Gasteiger partial charge in [-0.2, -0.15) is 0 Å². The summed E-state index contributed by atoms with van der Waals surface area (Å²) >= 11 is 5.73. The largest absolute Gasteiger partial charge is 0.324 e. The minimum absolute atomic E-state index is 0.0684. The Bertz CT molecular complexity index is 1140. The van der Waals surface area contributed by atoms with Crippen LogP contribution in [0.25, 0.3) is 10.9 Å². The molecule has 0 saturated carbocycles. The number of benzene rings is 2. The van der Waals surface area contributed by atoms with Crippen LogP contribution in [0.1, 0.15) is 18.9 Å². The summed E-state index contributed by atoms with van der Waals surface area (Å²) in [5.74, 6) is -1.04. The van der Waals surface area contributed by atoms with Crippen LogP contribution in [0.5, 0.6) is 0 Å². The molecule has 0 atom stereocenters. The van der Waals surface area contributed by atoms with Crippen LogP contribution < -0.4 is 10.9 Å². The molecule has 29 heavy (non-hydrogen) atoms. The van der Waals surface area contributed by atoms with Gasteiger partial charge in [0.1, 0.15) is 11.6 Å². The molecular weight excluding hydrogens is 402 g/mol. The third-order valence-electron chi connectivity index (χ3n) is 5.06. The number of hydrogen-bond acceptors (Lipinski definition) is 3. The summed E-state index contributed by atoms with van der Waals surface area (Å²) < 4.78 is 28.2. The van der Waals surface area contributed by atoms with Crippen LogP contribution in [0.2, 0.25) is 5.02 Å². The third-order valence-corrected chi connectivity index (χ3v) is 5.35. The smallest absolute Gasteiger partial charge is 0.321 e. The topological polar surface area (TPSA) is 67.2 Å². The van der Waals surface area contributed by atoms with E-state index in [-0.39, 0.29) is 28.0 Å². The summed E-state index contributed by atoms with van der Waals surface area (Å²) in [4.78, 5) is 31.0. The van der Waals surface area contributed by atoms with Crippen LogP contribution in [0.15, 0.2) is 47.5 Å². The highest BCUT2D eigenvalue weighted by Gasteiger charge is 2.25. The number of fused-ring (bicyclic) bond motifs is 1. The second-order valence-corrected chi connectivity index (χ2v) is 7.30. The molecule has 0 radical (unpaired) electrons. The summed E-state index contributed by atoms with van der Waals surface area (Å²) in [5, 5.41) is 2.86. The fourth-order valence-corrected chi connectivity index (χ4v) is 3.67. The number of urea groups is 1. The lowest BCUT2D eigenvalue weighted by Gasteiger charge is -2.32. The number of rotatable bonds is 2. The van der Waals surface area contributed by atoms with Crippen molar-refractivity contribution in [1.29, 1.82) is 0 Å². The van der Waals surface area contributed by atoms with Crippen LogP contribution in [-0.4, -0.2) is 33.6 Å². The number of aromatic nitrogens is 2. The first-order chi connectivity index (χ1) is 13.9. The van der Waals surface area contributed by atoms with Gasteiger partial charge in [0.2, 0.25) is 0 Å². The van der Waals surface area contributed by atoms with Gasteiger partial charge in [-0.3, -0.25) is 9.36 Å². The zero-order valence-corrected chi connectivity index (χ0v) is 16.0. The Kier molecular flexibility index (Phi) is 5.19. The molecule has 4 rings (SSSR count). The first-order valence-electron chi connectivity index (χ1n) is 9.10. The number of amides is 2. The first-order valence-corrected chi connectivity index (χ1v) is 9.47. The standard InChI is InChI=1S/C20H17ClF2N4O2/c21-16-10-13(2-3-17(16)23)25-20(29)26-7-5-14(6-8-26)27-11-24-18-4-1-12(22)9-15(18)19(27)28/h1-4,9-11,14H,5-8H2,(H,25,29). The van der Waals surface area contributed by atoms with E-state index in [0.29, 0.717) is 37.1 Å². The number of likely N-dealkylation sites (tertiary alicyclic amines) is 1. The molecule has 2 aromatic carbocycles. The molecule has 9 heteroatoms. The zero-order valence-electron chi connectivity index (χ0n) is 15.2. The molecule has 1 aliphatic heterocycles. The van der Waals surface area contributed by atoms with Crippen molar-refractivity contribution >= 4 is 34.2 Å². The van der Waals surface area contributed by atoms with E-state index in [4.69, 9.17) is 11.6 Å². The predicted molar refractivity (Wildman–Crippen MR) is 106 cm³/mol. The molecule has 1 saturated heterocycles. The van der Waals surface area contributed by atoms with Gasteiger partial charge in [0.05, 0.1) is 22.3 Å². The number of carbonyl (C=O) groups excluding carboxylic acids is 1. The van der Waals surface area contributed by atoms with Crippen molar-refractivity contribution in [3.05, 3.63) is 69.7 Å². The molecule has 2 amide bonds. The Hall–Kier alpha value is -3.00. The van der Waals surface area contributed by atoms with Gasteiger partial charge in [-0.1, -0.05) is 11.6 Å². The van der Waals surface area contributed by atoms with Crippen molar-refractivity contribution in [2.45, 2.75) is 18.9 Å². The average molecular weight is 419 g/mol. The Morgan fingerprint density at radius 3 is 2.62 bits per heavy atom. The Morgan fingerprint density at radius 2 is 1.90 bits per heavy atom. The van der Waals surface area contributed by atoms with Gasteiger partial charge in [-0.05, 0) is 49.2 Å². The van der Waals surface area contributed by atoms with Crippen molar-refractivity contribution in [1.82, 2.24) is 14.5 Å². The van der Waals surface area contributed by atoms with Gasteiger partial charge in [0.15, 0.2) is 0 Å². The number of piperidine rings is 1. The highest BCUT2D eigenvalue weighted by molar-refractivity contribution is 6.31. The maximum Gasteiger partial charge on any atom is 0.321 e. The number of halogens is 3. The average Bonchev–Trinajstić information content (AvgIpc) is 2.72. The van der Waals surface area contributed by atoms with E-state index in [0.717, 1.165) is 0 Å². The van der Waals surface area contributed by atoms with E-state index in [1.54, 1.807) is 4.90 Å². The van der Waals surface area contributed by atoms with E-state index >= 15 is 0 Å². The van der Waals surface area contributed by atoms with Crippen molar-refractivity contribution < 1.29 is 13.6 Å². The number of carbonyl (C=O) groups is 1. The van der Waals surface area contributed by atoms with Gasteiger partial charge >= 0.3 is 6.03 Å². The molecule has 0 aliphatic carbocycles. The number of anilines is 1. The molecule has 1 aliphatic rings. The maximum atomic E-state index is 13.5. The van der Waals surface area contributed by atoms with Crippen LogP contribution in [0.4, 0.5) is 19.3 Å². The second-order valence-electron chi connectivity index (χ2n) is 6.90. The van der Waals surface area contributed by atoms with E-state index in [9.17, 15) is 18.4 Å². The first kappa shape index (κ1) is 19.3. The molecule has 0 bridgehead atoms. The lowest BCUT2D eigenvalue weighted by Crippen LogP contribution is -2.42. The van der Waals surface area contributed by atoms with E-state index < -0.39 is 11.6 Å². The summed E-state index contributed by atoms with van der Waals surface area (Å²) in [6, 6.07) is 7.45. The second kappa shape index (κ2) is 7.79. The van der Waals surface area contributed by atoms with Crippen molar-refractivity contribution in [2.75, 3.05) is 18.4 Å². The molecule has 1 fully saturated rings. The maximum absolute atomic E-state index is 13.5. The molecule has 1 N–H and O–H groups in total. The Balaban J connectivity index is 1.44. The fraction of sp³-hybridized carbons (Fsp3) is 0.250. The third kappa shape index (κ3) is 3.93. The summed E-state index contributed by atoms with van der Waals surface area (Å²) in [6.45, 7) is 0.859. The molecular formula is C20H17ClF2N4O2. The quantitative estimate of drug-likeness (QED) is 0.678. The van der Waals surface area contributed by atoms with Crippen molar-refractivity contribution in [3.8, 4) is 0 Å². The van der Waals surface area contributed by atoms with E-state index in [2.05, 4.69) is 10.3 Å².